The van der Waals surface area contributed by atoms with Gasteiger partial charge in [0.15, 0.2) is 0 Å². The van der Waals surface area contributed by atoms with E-state index in [0.717, 1.165) is 31.1 Å². The summed E-state index contributed by atoms with van der Waals surface area (Å²) in [4.78, 5) is 12.4. The fourth-order valence-electron chi connectivity index (χ4n) is 1.66. The van der Waals surface area contributed by atoms with E-state index in [2.05, 4.69) is 10.6 Å². The number of amides is 1. The summed E-state index contributed by atoms with van der Waals surface area (Å²) in [5.74, 6) is 0.0201. The fraction of sp³-hybridized carbons (Fsp3) is 0.545. The summed E-state index contributed by atoms with van der Waals surface area (Å²) < 4.78 is 5.34. The lowest BCUT2D eigenvalue weighted by Crippen LogP contribution is -2.43. The van der Waals surface area contributed by atoms with Crippen molar-refractivity contribution in [2.75, 3.05) is 26.3 Å². The van der Waals surface area contributed by atoms with E-state index in [0.29, 0.717) is 12.6 Å². The molecule has 2 N–H and O–H groups in total. The van der Waals surface area contributed by atoms with Crippen molar-refractivity contribution in [3.63, 3.8) is 0 Å². The number of ether oxygens (including phenoxy) is 1. The molecule has 0 aliphatic carbocycles. The molecule has 2 heterocycles. The Hall–Kier alpha value is -0.910. The molecule has 1 atom stereocenters. The van der Waals surface area contributed by atoms with Crippen molar-refractivity contribution in [2.45, 2.75) is 12.5 Å². The second-order valence-electron chi connectivity index (χ2n) is 3.75. The number of carbonyl (C=O) groups is 1. The molecule has 0 spiro atoms. The topological polar surface area (TPSA) is 50.4 Å². The molecule has 1 aromatic heterocycles. The molecule has 1 saturated heterocycles. The van der Waals surface area contributed by atoms with Gasteiger partial charge in [0, 0.05) is 19.1 Å². The first-order chi connectivity index (χ1) is 7.86. The zero-order valence-electron chi connectivity index (χ0n) is 9.07. The highest BCUT2D eigenvalue weighted by molar-refractivity contribution is 7.12. The van der Waals surface area contributed by atoms with Crippen LogP contribution in [0.15, 0.2) is 17.5 Å². The summed E-state index contributed by atoms with van der Waals surface area (Å²) in [5.41, 5.74) is 0. The van der Waals surface area contributed by atoms with Gasteiger partial charge in [-0.15, -0.1) is 11.3 Å². The van der Waals surface area contributed by atoms with Crippen molar-refractivity contribution in [1.29, 1.82) is 0 Å². The molecule has 1 aromatic rings. The maximum Gasteiger partial charge on any atom is 0.261 e. The SMILES string of the molecule is O=C(NCCC1COCCN1)c1cccs1. The van der Waals surface area contributed by atoms with Gasteiger partial charge in [0.25, 0.3) is 5.91 Å². The van der Waals surface area contributed by atoms with Crippen LogP contribution in [-0.4, -0.2) is 38.3 Å². The highest BCUT2D eigenvalue weighted by Crippen LogP contribution is 2.07. The molecule has 0 bridgehead atoms. The van der Waals surface area contributed by atoms with Gasteiger partial charge in [0.1, 0.15) is 0 Å². The summed E-state index contributed by atoms with van der Waals surface area (Å²) >= 11 is 1.46. The lowest BCUT2D eigenvalue weighted by Gasteiger charge is -2.23. The standard InChI is InChI=1S/C11H16N2O2S/c14-11(10-2-1-7-16-10)13-4-3-9-8-15-6-5-12-9/h1-2,7,9,12H,3-6,8H2,(H,13,14). The smallest absolute Gasteiger partial charge is 0.261 e. The first kappa shape index (κ1) is 11.6. The Morgan fingerprint density at radius 3 is 3.31 bits per heavy atom. The maximum atomic E-state index is 11.6. The Bertz CT molecular complexity index is 321. The zero-order valence-corrected chi connectivity index (χ0v) is 9.89. The summed E-state index contributed by atoms with van der Waals surface area (Å²) in [6.07, 6.45) is 0.914. The zero-order chi connectivity index (χ0) is 11.2. The molecular weight excluding hydrogens is 224 g/mol. The van der Waals surface area contributed by atoms with E-state index in [9.17, 15) is 4.79 Å². The summed E-state index contributed by atoms with van der Waals surface area (Å²) in [5, 5.41) is 8.17. The summed E-state index contributed by atoms with van der Waals surface area (Å²) in [7, 11) is 0. The minimum atomic E-state index is 0.0201. The molecular formula is C11H16N2O2S. The highest BCUT2D eigenvalue weighted by Gasteiger charge is 2.13. The van der Waals surface area contributed by atoms with Crippen LogP contribution in [0.5, 0.6) is 0 Å². The van der Waals surface area contributed by atoms with E-state index < -0.39 is 0 Å². The molecule has 4 nitrogen and oxygen atoms in total. The highest BCUT2D eigenvalue weighted by atomic mass is 32.1. The van der Waals surface area contributed by atoms with E-state index in [1.54, 1.807) is 0 Å². The Morgan fingerprint density at radius 2 is 2.62 bits per heavy atom. The Morgan fingerprint density at radius 1 is 1.69 bits per heavy atom. The van der Waals surface area contributed by atoms with Crippen molar-refractivity contribution in [3.8, 4) is 0 Å². The normalized spacial score (nSPS) is 20.6. The average molecular weight is 240 g/mol. The van der Waals surface area contributed by atoms with Crippen LogP contribution in [0, 0.1) is 0 Å². The second-order valence-corrected chi connectivity index (χ2v) is 4.70. The van der Waals surface area contributed by atoms with Crippen molar-refractivity contribution in [3.05, 3.63) is 22.4 Å². The maximum absolute atomic E-state index is 11.6. The van der Waals surface area contributed by atoms with Gasteiger partial charge in [-0.3, -0.25) is 4.79 Å². The van der Waals surface area contributed by atoms with Gasteiger partial charge in [-0.25, -0.2) is 0 Å². The van der Waals surface area contributed by atoms with E-state index in [-0.39, 0.29) is 5.91 Å². The van der Waals surface area contributed by atoms with Crippen LogP contribution >= 0.6 is 11.3 Å². The number of rotatable bonds is 4. The summed E-state index contributed by atoms with van der Waals surface area (Å²) in [6.45, 7) is 3.13. The van der Waals surface area contributed by atoms with Crippen LogP contribution in [0.3, 0.4) is 0 Å². The Kier molecular flexibility index (Phi) is 4.33. The molecule has 2 rings (SSSR count). The van der Waals surface area contributed by atoms with E-state index in [4.69, 9.17) is 4.74 Å². The van der Waals surface area contributed by atoms with Gasteiger partial charge in [0.2, 0.25) is 0 Å². The third kappa shape index (κ3) is 3.30. The quantitative estimate of drug-likeness (QED) is 0.820. The lowest BCUT2D eigenvalue weighted by molar-refractivity contribution is 0.0733. The number of carbonyl (C=O) groups excluding carboxylic acids is 1. The van der Waals surface area contributed by atoms with Crippen LogP contribution in [0.2, 0.25) is 0 Å². The van der Waals surface area contributed by atoms with Crippen molar-refractivity contribution in [2.24, 2.45) is 0 Å². The van der Waals surface area contributed by atoms with E-state index >= 15 is 0 Å². The molecule has 0 radical (unpaired) electrons. The molecule has 1 aliphatic heterocycles. The number of morpholine rings is 1. The third-order valence-electron chi connectivity index (χ3n) is 2.52. The van der Waals surface area contributed by atoms with Gasteiger partial charge in [-0.1, -0.05) is 6.07 Å². The van der Waals surface area contributed by atoms with Crippen LogP contribution in [-0.2, 0) is 4.74 Å². The van der Waals surface area contributed by atoms with Crippen molar-refractivity contribution < 1.29 is 9.53 Å². The molecule has 5 heteroatoms. The van der Waals surface area contributed by atoms with E-state index in [1.165, 1.54) is 11.3 Å². The molecule has 88 valence electrons. The van der Waals surface area contributed by atoms with Crippen LogP contribution in [0.25, 0.3) is 0 Å². The first-order valence-electron chi connectivity index (χ1n) is 5.49. The molecule has 1 amide bonds. The number of hydrogen-bond donors (Lipinski definition) is 2. The predicted molar refractivity (Wildman–Crippen MR) is 63.9 cm³/mol. The average Bonchev–Trinajstić information content (AvgIpc) is 2.84. The molecule has 1 aliphatic rings. The van der Waals surface area contributed by atoms with Crippen molar-refractivity contribution in [1.82, 2.24) is 10.6 Å². The Balaban J connectivity index is 1.66. The largest absolute Gasteiger partial charge is 0.379 e. The first-order valence-corrected chi connectivity index (χ1v) is 6.37. The van der Waals surface area contributed by atoms with Gasteiger partial charge in [0.05, 0.1) is 18.1 Å². The van der Waals surface area contributed by atoms with E-state index in [1.807, 2.05) is 17.5 Å². The molecule has 1 unspecified atom stereocenters. The minimum Gasteiger partial charge on any atom is -0.379 e. The predicted octanol–water partition coefficient (Wildman–Crippen LogP) is 0.856. The second kappa shape index (κ2) is 5.98. The van der Waals surface area contributed by atoms with Crippen molar-refractivity contribution >= 4 is 17.2 Å². The lowest BCUT2D eigenvalue weighted by atomic mass is 10.2. The van der Waals surface area contributed by atoms with Gasteiger partial charge >= 0.3 is 0 Å². The third-order valence-corrected chi connectivity index (χ3v) is 3.39. The Labute approximate surface area is 99.0 Å². The minimum absolute atomic E-state index is 0.0201. The molecule has 0 aromatic carbocycles. The molecule has 1 fully saturated rings. The van der Waals surface area contributed by atoms with Gasteiger partial charge in [-0.05, 0) is 17.9 Å². The molecule has 16 heavy (non-hydrogen) atoms. The number of thiophene rings is 1. The fourth-order valence-corrected chi connectivity index (χ4v) is 2.30. The van der Waals surface area contributed by atoms with Crippen LogP contribution in [0.4, 0.5) is 0 Å². The number of nitrogens with one attached hydrogen (secondary N) is 2. The van der Waals surface area contributed by atoms with Crippen LogP contribution < -0.4 is 10.6 Å². The number of hydrogen-bond acceptors (Lipinski definition) is 4. The summed E-state index contributed by atoms with van der Waals surface area (Å²) in [6, 6.07) is 4.09. The van der Waals surface area contributed by atoms with Gasteiger partial charge < -0.3 is 15.4 Å². The monoisotopic (exact) mass is 240 g/mol. The van der Waals surface area contributed by atoms with Gasteiger partial charge in [-0.2, -0.15) is 0 Å². The molecule has 0 saturated carbocycles. The van der Waals surface area contributed by atoms with Crippen LogP contribution in [0.1, 0.15) is 16.1 Å².